The molecule has 0 bridgehead atoms. The van der Waals surface area contributed by atoms with Crippen molar-refractivity contribution in [3.8, 4) is 0 Å². The lowest BCUT2D eigenvalue weighted by Crippen LogP contribution is -2.20. The third kappa shape index (κ3) is 6.88. The Balaban J connectivity index is 2.51. The van der Waals surface area contributed by atoms with E-state index in [4.69, 9.17) is 9.05 Å². The predicted molar refractivity (Wildman–Crippen MR) is 78.2 cm³/mol. The topological polar surface area (TPSA) is 47.6 Å². The van der Waals surface area contributed by atoms with Crippen molar-refractivity contribution < 1.29 is 13.6 Å². The van der Waals surface area contributed by atoms with Crippen molar-refractivity contribution in [1.82, 2.24) is 5.32 Å². The highest BCUT2D eigenvalue weighted by atomic mass is 31.2. The summed E-state index contributed by atoms with van der Waals surface area (Å²) in [5.74, 6) is 0. The summed E-state index contributed by atoms with van der Waals surface area (Å²) in [5, 5.41) is 3.14. The molecule has 0 heterocycles. The van der Waals surface area contributed by atoms with Gasteiger partial charge in [-0.2, -0.15) is 0 Å². The third-order valence-corrected chi connectivity index (χ3v) is 4.32. The Morgan fingerprint density at radius 3 is 2.05 bits per heavy atom. The lowest BCUT2D eigenvalue weighted by Gasteiger charge is -2.23. The molecule has 0 aromatic heterocycles. The fourth-order valence-electron chi connectivity index (χ4n) is 1.67. The Hall–Kier alpha value is -0.670. The second-order valence-corrected chi connectivity index (χ2v) is 6.95. The van der Waals surface area contributed by atoms with Gasteiger partial charge in [0, 0.05) is 6.54 Å². The van der Waals surface area contributed by atoms with Gasteiger partial charge in [0.25, 0.3) is 0 Å². The Morgan fingerprint density at radius 2 is 1.58 bits per heavy atom. The van der Waals surface area contributed by atoms with Crippen molar-refractivity contribution in [2.75, 3.05) is 6.29 Å². The van der Waals surface area contributed by atoms with E-state index in [2.05, 4.69) is 5.32 Å². The van der Waals surface area contributed by atoms with Crippen LogP contribution in [0, 0.1) is 0 Å². The summed E-state index contributed by atoms with van der Waals surface area (Å²) in [5.41, 5.74) is 1.14. The third-order valence-electron chi connectivity index (χ3n) is 2.22. The van der Waals surface area contributed by atoms with Gasteiger partial charge in [0.05, 0.1) is 18.5 Å². The molecule has 0 atom stereocenters. The molecule has 108 valence electrons. The number of rotatable bonds is 8. The largest absolute Gasteiger partial charge is 0.344 e. The van der Waals surface area contributed by atoms with Gasteiger partial charge in [0.15, 0.2) is 0 Å². The van der Waals surface area contributed by atoms with Crippen molar-refractivity contribution in [3.63, 3.8) is 0 Å². The van der Waals surface area contributed by atoms with Gasteiger partial charge in [-0.1, -0.05) is 30.3 Å². The van der Waals surface area contributed by atoms with Crippen LogP contribution in [-0.4, -0.2) is 18.5 Å². The smallest absolute Gasteiger partial charge is 0.305 e. The van der Waals surface area contributed by atoms with Crippen LogP contribution in [0.5, 0.6) is 0 Å². The molecule has 1 aromatic carbocycles. The van der Waals surface area contributed by atoms with E-state index in [1.165, 1.54) is 0 Å². The molecule has 5 heteroatoms. The predicted octanol–water partition coefficient (Wildman–Crippen LogP) is 3.78. The Labute approximate surface area is 116 Å². The lowest BCUT2D eigenvalue weighted by molar-refractivity contribution is 0.141. The fraction of sp³-hybridized carbons (Fsp3) is 0.571. The van der Waals surface area contributed by atoms with Crippen LogP contribution in [0.3, 0.4) is 0 Å². The highest BCUT2D eigenvalue weighted by Gasteiger charge is 2.27. The summed E-state index contributed by atoms with van der Waals surface area (Å²) in [7, 11) is -3.08. The standard InChI is InChI=1S/C14H24NO3P/c1-12(2)17-19(16,18-13(3)4)11-15-10-14-8-6-5-7-9-14/h5-9,12-13,15H,10-11H2,1-4H3. The van der Waals surface area contributed by atoms with Crippen LogP contribution < -0.4 is 5.32 Å². The number of hydrogen-bond donors (Lipinski definition) is 1. The van der Waals surface area contributed by atoms with Gasteiger partial charge in [0.2, 0.25) is 0 Å². The first-order valence-corrected chi connectivity index (χ1v) is 8.34. The minimum Gasteiger partial charge on any atom is -0.305 e. The number of nitrogens with one attached hydrogen (secondary N) is 1. The lowest BCUT2D eigenvalue weighted by atomic mass is 10.2. The average Bonchev–Trinajstić information content (AvgIpc) is 2.27. The summed E-state index contributed by atoms with van der Waals surface area (Å²) in [4.78, 5) is 0. The molecule has 0 aliphatic rings. The first-order chi connectivity index (χ1) is 8.91. The monoisotopic (exact) mass is 285 g/mol. The number of hydrogen-bond acceptors (Lipinski definition) is 4. The Bertz CT molecular complexity index is 392. The zero-order chi connectivity index (χ0) is 14.3. The van der Waals surface area contributed by atoms with E-state index >= 15 is 0 Å². The first-order valence-electron chi connectivity index (χ1n) is 6.62. The van der Waals surface area contributed by atoms with Gasteiger partial charge < -0.3 is 14.4 Å². The van der Waals surface area contributed by atoms with Crippen LogP contribution in [0.2, 0.25) is 0 Å². The molecule has 4 nitrogen and oxygen atoms in total. The van der Waals surface area contributed by atoms with Crippen molar-refractivity contribution in [2.45, 2.75) is 46.4 Å². The summed E-state index contributed by atoms with van der Waals surface area (Å²) in [6.07, 6.45) is -0.0238. The quantitative estimate of drug-likeness (QED) is 0.738. The maximum absolute atomic E-state index is 12.5. The zero-order valence-electron chi connectivity index (χ0n) is 12.1. The van der Waals surface area contributed by atoms with Gasteiger partial charge in [0.1, 0.15) is 0 Å². The van der Waals surface area contributed by atoms with E-state index < -0.39 is 7.60 Å². The van der Waals surface area contributed by atoms with E-state index in [0.717, 1.165) is 5.56 Å². The van der Waals surface area contributed by atoms with Crippen molar-refractivity contribution >= 4 is 7.60 Å². The molecule has 1 aromatic rings. The average molecular weight is 285 g/mol. The zero-order valence-corrected chi connectivity index (χ0v) is 13.0. The van der Waals surface area contributed by atoms with Crippen LogP contribution in [0.25, 0.3) is 0 Å². The molecular formula is C14H24NO3P. The molecule has 0 saturated carbocycles. The van der Waals surface area contributed by atoms with Gasteiger partial charge >= 0.3 is 7.60 Å². The Kier molecular flexibility index (Phi) is 6.73. The minimum atomic E-state index is -3.08. The van der Waals surface area contributed by atoms with E-state index in [-0.39, 0.29) is 18.5 Å². The van der Waals surface area contributed by atoms with Crippen LogP contribution >= 0.6 is 7.60 Å². The number of benzene rings is 1. The molecule has 0 fully saturated rings. The molecule has 1 rings (SSSR count). The molecule has 1 N–H and O–H groups in total. The van der Waals surface area contributed by atoms with Crippen molar-refractivity contribution in [1.29, 1.82) is 0 Å². The molecule has 0 saturated heterocycles. The molecule has 0 aliphatic heterocycles. The Morgan fingerprint density at radius 1 is 1.05 bits per heavy atom. The molecule has 19 heavy (non-hydrogen) atoms. The molecule has 0 spiro atoms. The second kappa shape index (κ2) is 7.81. The minimum absolute atomic E-state index is 0.122. The van der Waals surface area contributed by atoms with E-state index in [9.17, 15) is 4.57 Å². The van der Waals surface area contributed by atoms with Crippen LogP contribution in [-0.2, 0) is 20.2 Å². The fourth-order valence-corrected chi connectivity index (χ4v) is 3.54. The second-order valence-electron chi connectivity index (χ2n) is 4.99. The van der Waals surface area contributed by atoms with Crippen LogP contribution in [0.4, 0.5) is 0 Å². The molecule has 0 unspecified atom stereocenters. The van der Waals surface area contributed by atoms with Crippen LogP contribution in [0.1, 0.15) is 33.3 Å². The summed E-state index contributed by atoms with van der Waals surface area (Å²) in [6.45, 7) is 8.07. The van der Waals surface area contributed by atoms with Crippen molar-refractivity contribution in [3.05, 3.63) is 35.9 Å². The van der Waals surface area contributed by atoms with E-state index in [1.54, 1.807) is 0 Å². The van der Waals surface area contributed by atoms with Gasteiger partial charge in [-0.3, -0.25) is 4.57 Å². The molecular weight excluding hydrogens is 261 g/mol. The van der Waals surface area contributed by atoms with E-state index in [0.29, 0.717) is 6.54 Å². The molecule has 0 amide bonds. The van der Waals surface area contributed by atoms with Crippen molar-refractivity contribution in [2.24, 2.45) is 0 Å². The summed E-state index contributed by atoms with van der Waals surface area (Å²) >= 11 is 0. The van der Waals surface area contributed by atoms with Crippen LogP contribution in [0.15, 0.2) is 30.3 Å². The first kappa shape index (κ1) is 16.4. The maximum atomic E-state index is 12.5. The van der Waals surface area contributed by atoms with Gasteiger partial charge in [-0.15, -0.1) is 0 Å². The summed E-state index contributed by atoms with van der Waals surface area (Å²) in [6, 6.07) is 9.96. The molecule has 0 aliphatic carbocycles. The van der Waals surface area contributed by atoms with E-state index in [1.807, 2.05) is 58.0 Å². The maximum Gasteiger partial charge on any atom is 0.344 e. The highest BCUT2D eigenvalue weighted by molar-refractivity contribution is 7.53. The summed E-state index contributed by atoms with van der Waals surface area (Å²) < 4.78 is 23.4. The SMILES string of the molecule is CC(C)OP(=O)(CNCc1ccccc1)OC(C)C. The normalized spacial score (nSPS) is 12.3. The van der Waals surface area contributed by atoms with Gasteiger partial charge in [-0.05, 0) is 33.3 Å². The highest BCUT2D eigenvalue weighted by Crippen LogP contribution is 2.49. The van der Waals surface area contributed by atoms with Gasteiger partial charge in [-0.25, -0.2) is 0 Å². The molecule has 0 radical (unpaired) electrons.